The number of aliphatic hydroxyl groups is 1. The molecule has 0 bridgehead atoms. The topological polar surface area (TPSA) is 87.7 Å². The van der Waals surface area contributed by atoms with Crippen molar-refractivity contribution in [3.63, 3.8) is 0 Å². The summed E-state index contributed by atoms with van der Waals surface area (Å²) in [5.41, 5.74) is 0. The van der Waals surface area contributed by atoms with Gasteiger partial charge in [0.2, 0.25) is 11.8 Å². The molecule has 0 radical (unpaired) electrons. The fourth-order valence-electron chi connectivity index (χ4n) is 3.31. The van der Waals surface area contributed by atoms with Gasteiger partial charge in [-0.1, -0.05) is 79.8 Å². The maximum Gasteiger partial charge on any atom is 0.239 e. The Labute approximate surface area is 211 Å². The summed E-state index contributed by atoms with van der Waals surface area (Å²) in [5, 5.41) is 14.9. The smallest absolute Gasteiger partial charge is 0.239 e. The van der Waals surface area contributed by atoms with E-state index >= 15 is 0 Å². The largest absolute Gasteiger partial charge is 0.391 e. The summed E-state index contributed by atoms with van der Waals surface area (Å²) in [6.45, 7) is 2.78. The van der Waals surface area contributed by atoms with E-state index in [9.17, 15) is 14.7 Å². The van der Waals surface area contributed by atoms with Crippen LogP contribution in [0.1, 0.15) is 64.7 Å². The van der Waals surface area contributed by atoms with E-state index < -0.39 is 6.10 Å². The Morgan fingerprint density at radius 2 is 1.29 bits per heavy atom. The van der Waals surface area contributed by atoms with Crippen molar-refractivity contribution in [2.45, 2.75) is 76.9 Å². The number of ether oxygens (including phenoxy) is 1. The van der Waals surface area contributed by atoms with E-state index in [0.29, 0.717) is 32.5 Å². The van der Waals surface area contributed by atoms with E-state index in [1.165, 1.54) is 0 Å². The van der Waals surface area contributed by atoms with Crippen LogP contribution in [0.25, 0.3) is 0 Å². The Hall–Kier alpha value is -2.70. The number of aliphatic hydroxyl groups excluding tert-OH is 1. The Morgan fingerprint density at radius 3 is 1.80 bits per heavy atom. The molecule has 2 atom stereocenters. The number of carbonyl (C=O) groups is 2. The van der Waals surface area contributed by atoms with Crippen LogP contribution in [0.5, 0.6) is 0 Å². The maximum absolute atomic E-state index is 11.9. The summed E-state index contributed by atoms with van der Waals surface area (Å²) in [6, 6.07) is -0.206. The highest BCUT2D eigenvalue weighted by Crippen LogP contribution is 2.06. The third-order valence-corrected chi connectivity index (χ3v) is 5.13. The first-order chi connectivity index (χ1) is 17.1. The van der Waals surface area contributed by atoms with Crippen molar-refractivity contribution in [2.75, 3.05) is 19.8 Å². The molecule has 6 nitrogen and oxygen atoms in total. The number of hydrogen-bond acceptors (Lipinski definition) is 4. The van der Waals surface area contributed by atoms with Crippen LogP contribution in [0.3, 0.4) is 0 Å². The van der Waals surface area contributed by atoms with Gasteiger partial charge in [0.15, 0.2) is 0 Å². The van der Waals surface area contributed by atoms with Gasteiger partial charge >= 0.3 is 0 Å². The molecule has 1 unspecified atom stereocenters. The van der Waals surface area contributed by atoms with E-state index in [4.69, 9.17) is 4.74 Å². The van der Waals surface area contributed by atoms with Crippen molar-refractivity contribution in [1.82, 2.24) is 10.6 Å². The fraction of sp³-hybridized carbons (Fsp3) is 0.517. The second kappa shape index (κ2) is 21.8. The molecule has 0 spiro atoms. The summed E-state index contributed by atoms with van der Waals surface area (Å²) < 4.78 is 5.20. The number of allylic oxidation sites excluding steroid dienone is 12. The quantitative estimate of drug-likeness (QED) is 0.258. The van der Waals surface area contributed by atoms with E-state index in [1.807, 2.05) is 12.2 Å². The average molecular weight is 485 g/mol. The SMILES string of the molecule is CC/C=C\C/C=C\C/C=C\C/C=C\C/C=C\C/C=C\CCC(=O)NCC(=O)N[C@@H]1COCC(O)C1. The van der Waals surface area contributed by atoms with Crippen LogP contribution in [-0.2, 0) is 14.3 Å². The first-order valence-corrected chi connectivity index (χ1v) is 12.8. The standard InChI is InChI=1S/C29H44N2O4/c1-2-3-4-5-6-7-8-9-10-11-12-13-14-15-16-17-18-19-20-21-28(33)30-23-29(34)31-26-22-27(32)25-35-24-26/h3-4,6-7,9-10,12-13,15-16,18-19,26-27,32H,2,5,8,11,14,17,20-25H2,1H3,(H,30,33)(H,31,34)/b4-3-,7-6-,10-9-,13-12-,16-15-,19-18-/t26-,27?/m0/s1. The van der Waals surface area contributed by atoms with Crippen molar-refractivity contribution < 1.29 is 19.4 Å². The summed E-state index contributed by atoms with van der Waals surface area (Å²) in [7, 11) is 0. The molecular weight excluding hydrogens is 440 g/mol. The van der Waals surface area contributed by atoms with Crippen molar-refractivity contribution in [1.29, 1.82) is 0 Å². The van der Waals surface area contributed by atoms with E-state index in [0.717, 1.165) is 38.5 Å². The highest BCUT2D eigenvalue weighted by atomic mass is 16.5. The lowest BCUT2D eigenvalue weighted by atomic mass is 10.1. The van der Waals surface area contributed by atoms with Gasteiger partial charge in [-0.25, -0.2) is 0 Å². The fourth-order valence-corrected chi connectivity index (χ4v) is 3.31. The first kappa shape index (κ1) is 30.3. The lowest BCUT2D eigenvalue weighted by Gasteiger charge is -2.26. The number of amides is 2. The number of nitrogens with one attached hydrogen (secondary N) is 2. The molecule has 0 aromatic rings. The van der Waals surface area contributed by atoms with Gasteiger partial charge in [-0.3, -0.25) is 9.59 Å². The molecule has 0 aliphatic carbocycles. The Balaban J connectivity index is 1.98. The van der Waals surface area contributed by atoms with Crippen molar-refractivity contribution in [3.05, 3.63) is 72.9 Å². The van der Waals surface area contributed by atoms with Crippen LogP contribution >= 0.6 is 0 Å². The first-order valence-electron chi connectivity index (χ1n) is 12.8. The van der Waals surface area contributed by atoms with Crippen molar-refractivity contribution >= 4 is 11.8 Å². The molecule has 3 N–H and O–H groups in total. The zero-order valence-corrected chi connectivity index (χ0v) is 21.2. The van der Waals surface area contributed by atoms with E-state index in [2.05, 4.69) is 78.3 Å². The molecule has 0 saturated carbocycles. The number of hydrogen-bond donors (Lipinski definition) is 3. The lowest BCUT2D eigenvalue weighted by molar-refractivity contribution is -0.127. The third-order valence-electron chi connectivity index (χ3n) is 5.13. The Morgan fingerprint density at radius 1 is 0.771 bits per heavy atom. The third kappa shape index (κ3) is 19.3. The summed E-state index contributed by atoms with van der Waals surface area (Å²) in [6.07, 6.45) is 32.5. The zero-order valence-electron chi connectivity index (χ0n) is 21.2. The molecule has 1 rings (SSSR count). The van der Waals surface area contributed by atoms with Gasteiger partial charge in [0.1, 0.15) is 0 Å². The van der Waals surface area contributed by atoms with Crippen LogP contribution in [0.4, 0.5) is 0 Å². The lowest BCUT2D eigenvalue weighted by Crippen LogP contribution is -2.48. The summed E-state index contributed by atoms with van der Waals surface area (Å²) >= 11 is 0. The predicted octanol–water partition coefficient (Wildman–Crippen LogP) is 4.85. The van der Waals surface area contributed by atoms with Gasteiger partial charge in [0, 0.05) is 6.42 Å². The van der Waals surface area contributed by atoms with Crippen LogP contribution < -0.4 is 10.6 Å². The van der Waals surface area contributed by atoms with Gasteiger partial charge in [-0.2, -0.15) is 0 Å². The molecule has 0 aromatic carbocycles. The van der Waals surface area contributed by atoms with Crippen molar-refractivity contribution in [2.24, 2.45) is 0 Å². The van der Waals surface area contributed by atoms with Gasteiger partial charge < -0.3 is 20.5 Å². The van der Waals surface area contributed by atoms with E-state index in [1.54, 1.807) is 0 Å². The molecule has 1 aliphatic heterocycles. The number of rotatable bonds is 17. The number of carbonyl (C=O) groups excluding carboxylic acids is 2. The van der Waals surface area contributed by atoms with Crippen LogP contribution in [-0.4, -0.2) is 48.8 Å². The zero-order chi connectivity index (χ0) is 25.4. The van der Waals surface area contributed by atoms with Gasteiger partial charge in [-0.05, 0) is 51.4 Å². The minimum Gasteiger partial charge on any atom is -0.391 e. The Bertz CT molecular complexity index is 750. The molecule has 1 fully saturated rings. The van der Waals surface area contributed by atoms with Crippen LogP contribution in [0.2, 0.25) is 0 Å². The van der Waals surface area contributed by atoms with Gasteiger partial charge in [0.05, 0.1) is 31.9 Å². The minimum atomic E-state index is -0.551. The van der Waals surface area contributed by atoms with E-state index in [-0.39, 0.29) is 24.4 Å². The molecule has 1 heterocycles. The Kier molecular flexibility index (Phi) is 18.9. The molecule has 1 aliphatic rings. The normalized spacial score (nSPS) is 19.3. The van der Waals surface area contributed by atoms with Gasteiger partial charge in [0.25, 0.3) is 0 Å². The highest BCUT2D eigenvalue weighted by molar-refractivity contribution is 5.84. The molecule has 0 aromatic heterocycles. The second-order valence-electron chi connectivity index (χ2n) is 8.42. The summed E-state index contributed by atoms with van der Waals surface area (Å²) in [5.74, 6) is -0.422. The molecule has 2 amide bonds. The van der Waals surface area contributed by atoms with Crippen molar-refractivity contribution in [3.8, 4) is 0 Å². The average Bonchev–Trinajstić information content (AvgIpc) is 2.84. The summed E-state index contributed by atoms with van der Waals surface area (Å²) in [4.78, 5) is 23.7. The predicted molar refractivity (Wildman–Crippen MR) is 144 cm³/mol. The minimum absolute atomic E-state index is 0.0603. The monoisotopic (exact) mass is 484 g/mol. The molecule has 1 saturated heterocycles. The van der Waals surface area contributed by atoms with Gasteiger partial charge in [-0.15, -0.1) is 0 Å². The molecule has 194 valence electrons. The maximum atomic E-state index is 11.9. The van der Waals surface area contributed by atoms with Crippen LogP contribution in [0.15, 0.2) is 72.9 Å². The highest BCUT2D eigenvalue weighted by Gasteiger charge is 2.22. The second-order valence-corrected chi connectivity index (χ2v) is 8.42. The molecule has 35 heavy (non-hydrogen) atoms. The molecular formula is C29H44N2O4. The molecule has 6 heteroatoms. The van der Waals surface area contributed by atoms with Crippen LogP contribution in [0, 0.1) is 0 Å².